The van der Waals surface area contributed by atoms with Gasteiger partial charge in [0.2, 0.25) is 0 Å². The highest BCUT2D eigenvalue weighted by Gasteiger charge is 2.17. The van der Waals surface area contributed by atoms with Crippen molar-refractivity contribution in [1.82, 2.24) is 5.32 Å². The van der Waals surface area contributed by atoms with Crippen LogP contribution in [0, 0.1) is 0 Å². The first-order valence-electron chi connectivity index (χ1n) is 8.18. The first kappa shape index (κ1) is 20.7. The summed E-state index contributed by atoms with van der Waals surface area (Å²) in [6.45, 7) is 1.89. The number of hydrogen-bond acceptors (Lipinski definition) is 4. The molecule has 1 heterocycles. The molecular formula is C19H16Cl2N2O3S2. The summed E-state index contributed by atoms with van der Waals surface area (Å²) in [4.78, 5) is 13.5. The molecule has 5 nitrogen and oxygen atoms in total. The van der Waals surface area contributed by atoms with Crippen molar-refractivity contribution < 1.29 is 13.2 Å². The van der Waals surface area contributed by atoms with Crippen LogP contribution in [0.1, 0.15) is 28.2 Å². The number of carbonyl (C=O) groups is 1. The molecule has 0 aliphatic heterocycles. The van der Waals surface area contributed by atoms with E-state index in [0.29, 0.717) is 5.56 Å². The number of hydrogen-bond donors (Lipinski definition) is 2. The zero-order chi connectivity index (χ0) is 20.3. The highest BCUT2D eigenvalue weighted by molar-refractivity contribution is 7.92. The van der Waals surface area contributed by atoms with Crippen molar-refractivity contribution in [1.29, 1.82) is 0 Å². The molecule has 0 saturated carbocycles. The van der Waals surface area contributed by atoms with Gasteiger partial charge in [0.25, 0.3) is 15.9 Å². The lowest BCUT2D eigenvalue weighted by Crippen LogP contribution is -2.26. The molecule has 0 saturated heterocycles. The molecule has 0 radical (unpaired) electrons. The van der Waals surface area contributed by atoms with Crippen molar-refractivity contribution in [3.8, 4) is 0 Å². The van der Waals surface area contributed by atoms with Gasteiger partial charge in [0.15, 0.2) is 0 Å². The summed E-state index contributed by atoms with van der Waals surface area (Å²) in [5.74, 6) is -0.295. The van der Waals surface area contributed by atoms with E-state index < -0.39 is 10.0 Å². The Morgan fingerprint density at radius 3 is 2.50 bits per heavy atom. The number of amides is 1. The topological polar surface area (TPSA) is 75.3 Å². The van der Waals surface area contributed by atoms with Crippen LogP contribution in [-0.4, -0.2) is 14.3 Å². The number of carbonyl (C=O) groups excluding carboxylic acids is 1. The van der Waals surface area contributed by atoms with Gasteiger partial charge in [-0.1, -0.05) is 35.3 Å². The van der Waals surface area contributed by atoms with Crippen LogP contribution in [0.25, 0.3) is 0 Å². The van der Waals surface area contributed by atoms with Crippen LogP contribution in [-0.2, 0) is 10.0 Å². The Bertz CT molecular complexity index is 1100. The van der Waals surface area contributed by atoms with Gasteiger partial charge in [0, 0.05) is 16.1 Å². The second-order valence-electron chi connectivity index (χ2n) is 5.97. The predicted octanol–water partition coefficient (Wildman–Crippen LogP) is 5.35. The number of rotatable bonds is 6. The smallest absolute Gasteiger partial charge is 0.261 e. The third-order valence-electron chi connectivity index (χ3n) is 3.90. The molecule has 9 heteroatoms. The molecule has 1 unspecified atom stereocenters. The Hall–Kier alpha value is -2.06. The highest BCUT2D eigenvalue weighted by Crippen LogP contribution is 2.26. The van der Waals surface area contributed by atoms with Crippen molar-refractivity contribution in [2.45, 2.75) is 17.9 Å². The molecule has 3 rings (SSSR count). The molecule has 1 atom stereocenters. The molecule has 0 aliphatic carbocycles. The summed E-state index contributed by atoms with van der Waals surface area (Å²) in [6.07, 6.45) is 0. The van der Waals surface area contributed by atoms with Gasteiger partial charge in [0.05, 0.1) is 21.0 Å². The van der Waals surface area contributed by atoms with Gasteiger partial charge in [0.1, 0.15) is 0 Å². The van der Waals surface area contributed by atoms with Crippen LogP contribution in [0.5, 0.6) is 0 Å². The lowest BCUT2D eigenvalue weighted by Gasteiger charge is -2.13. The molecule has 0 aliphatic rings. The Kier molecular flexibility index (Phi) is 6.30. The van der Waals surface area contributed by atoms with Gasteiger partial charge in [-0.2, -0.15) is 0 Å². The van der Waals surface area contributed by atoms with E-state index in [0.717, 1.165) is 4.88 Å². The minimum absolute atomic E-state index is 0.0249. The first-order valence-corrected chi connectivity index (χ1v) is 11.3. The number of nitrogens with one attached hydrogen (secondary N) is 2. The molecular weight excluding hydrogens is 439 g/mol. The average Bonchev–Trinajstić information content (AvgIpc) is 3.18. The van der Waals surface area contributed by atoms with E-state index in [1.54, 1.807) is 29.5 Å². The average molecular weight is 455 g/mol. The Balaban J connectivity index is 1.77. The lowest BCUT2D eigenvalue weighted by molar-refractivity contribution is 0.0940. The summed E-state index contributed by atoms with van der Waals surface area (Å²) >= 11 is 13.3. The molecule has 1 aromatic heterocycles. The first-order chi connectivity index (χ1) is 13.3. The van der Waals surface area contributed by atoms with E-state index in [1.165, 1.54) is 24.3 Å². The number of sulfonamides is 1. The van der Waals surface area contributed by atoms with Gasteiger partial charge >= 0.3 is 0 Å². The Morgan fingerprint density at radius 2 is 1.82 bits per heavy atom. The van der Waals surface area contributed by atoms with E-state index in [4.69, 9.17) is 23.2 Å². The summed E-state index contributed by atoms with van der Waals surface area (Å²) in [6, 6.07) is 14.0. The fraction of sp³-hybridized carbons (Fsp3) is 0.105. The quantitative estimate of drug-likeness (QED) is 0.527. The van der Waals surface area contributed by atoms with Gasteiger partial charge < -0.3 is 5.32 Å². The van der Waals surface area contributed by atoms with Crippen LogP contribution in [0.15, 0.2) is 64.9 Å². The maximum absolute atomic E-state index is 12.6. The van der Waals surface area contributed by atoms with E-state index in [-0.39, 0.29) is 32.6 Å². The highest BCUT2D eigenvalue weighted by atomic mass is 35.5. The third-order valence-corrected chi connectivity index (χ3v) is 7.07. The molecule has 0 fully saturated rings. The summed E-state index contributed by atoms with van der Waals surface area (Å²) in [7, 11) is -3.88. The number of benzene rings is 2. The predicted molar refractivity (Wildman–Crippen MR) is 114 cm³/mol. The number of anilines is 1. The molecule has 28 heavy (non-hydrogen) atoms. The van der Waals surface area contributed by atoms with Gasteiger partial charge in [-0.05, 0) is 54.8 Å². The maximum Gasteiger partial charge on any atom is 0.261 e. The number of halogens is 2. The maximum atomic E-state index is 12.6. The van der Waals surface area contributed by atoms with Gasteiger partial charge in [-0.25, -0.2) is 8.42 Å². The molecule has 146 valence electrons. The van der Waals surface area contributed by atoms with Crippen molar-refractivity contribution in [2.75, 3.05) is 4.72 Å². The molecule has 1 amide bonds. The normalized spacial score (nSPS) is 12.4. The second-order valence-corrected chi connectivity index (χ2v) is 9.45. The fourth-order valence-electron chi connectivity index (χ4n) is 2.47. The standard InChI is InChI=1S/C19H16Cl2N2O3S2/c1-12(18-6-3-9-27-18)22-19(24)13-4-2-5-14(10-13)23-28(25,26)15-7-8-16(20)17(21)11-15/h2-12,23H,1H3,(H,22,24). The summed E-state index contributed by atoms with van der Waals surface area (Å²) in [5, 5.41) is 5.24. The molecule has 0 bridgehead atoms. The van der Waals surface area contributed by atoms with Crippen LogP contribution in [0.3, 0.4) is 0 Å². The van der Waals surface area contributed by atoms with Crippen LogP contribution < -0.4 is 10.0 Å². The minimum atomic E-state index is -3.88. The van der Waals surface area contributed by atoms with E-state index in [2.05, 4.69) is 10.0 Å². The largest absolute Gasteiger partial charge is 0.345 e. The molecule has 2 N–H and O–H groups in total. The second kappa shape index (κ2) is 8.53. The van der Waals surface area contributed by atoms with Crippen molar-refractivity contribution in [3.63, 3.8) is 0 Å². The van der Waals surface area contributed by atoms with Crippen LogP contribution >= 0.6 is 34.5 Å². The zero-order valence-electron chi connectivity index (χ0n) is 14.6. The Morgan fingerprint density at radius 1 is 1.04 bits per heavy atom. The number of thiophene rings is 1. The molecule has 0 spiro atoms. The van der Waals surface area contributed by atoms with Gasteiger partial charge in [-0.3, -0.25) is 9.52 Å². The van der Waals surface area contributed by atoms with Crippen molar-refractivity contribution in [2.24, 2.45) is 0 Å². The third kappa shape index (κ3) is 4.86. The van der Waals surface area contributed by atoms with Gasteiger partial charge in [-0.15, -0.1) is 11.3 Å². The monoisotopic (exact) mass is 454 g/mol. The Labute approximate surface area is 177 Å². The molecule has 3 aromatic rings. The lowest BCUT2D eigenvalue weighted by atomic mass is 10.1. The SMILES string of the molecule is CC(NC(=O)c1cccc(NS(=O)(=O)c2ccc(Cl)c(Cl)c2)c1)c1cccs1. The minimum Gasteiger partial charge on any atom is -0.345 e. The zero-order valence-corrected chi connectivity index (χ0v) is 17.8. The molecule has 2 aromatic carbocycles. The fourth-order valence-corrected chi connectivity index (χ4v) is 4.64. The van der Waals surface area contributed by atoms with Crippen molar-refractivity contribution in [3.05, 3.63) is 80.5 Å². The van der Waals surface area contributed by atoms with Crippen LogP contribution in [0.2, 0.25) is 10.0 Å². The summed E-state index contributed by atoms with van der Waals surface area (Å²) in [5.41, 5.74) is 0.611. The van der Waals surface area contributed by atoms with E-state index in [1.807, 2.05) is 24.4 Å². The van der Waals surface area contributed by atoms with E-state index in [9.17, 15) is 13.2 Å². The van der Waals surface area contributed by atoms with E-state index >= 15 is 0 Å². The van der Waals surface area contributed by atoms with Crippen molar-refractivity contribution >= 4 is 56.2 Å². The van der Waals surface area contributed by atoms with Crippen LogP contribution in [0.4, 0.5) is 5.69 Å². The summed E-state index contributed by atoms with van der Waals surface area (Å²) < 4.78 is 27.6.